The molecule has 8 heteroatoms. The van der Waals surface area contributed by atoms with Gasteiger partial charge in [-0.05, 0) is 41.7 Å². The zero-order chi connectivity index (χ0) is 27.4. The molecule has 0 spiro atoms. The van der Waals surface area contributed by atoms with Crippen LogP contribution in [0.25, 0.3) is 0 Å². The lowest BCUT2D eigenvalue weighted by Gasteiger charge is -2.32. The number of rotatable bonds is 14. The number of nitrogens with one attached hydrogen (secondary N) is 2. The molecule has 7 nitrogen and oxygen atoms in total. The van der Waals surface area contributed by atoms with Gasteiger partial charge in [0.1, 0.15) is 6.04 Å². The Morgan fingerprint density at radius 2 is 1.47 bits per heavy atom. The van der Waals surface area contributed by atoms with Gasteiger partial charge >= 0.3 is 0 Å². The largest absolute Gasteiger partial charge is 0.354 e. The summed E-state index contributed by atoms with van der Waals surface area (Å²) >= 11 is 0. The van der Waals surface area contributed by atoms with Crippen LogP contribution in [0.5, 0.6) is 0 Å². The highest BCUT2D eigenvalue weighted by Gasteiger charge is 2.31. The first-order valence-corrected chi connectivity index (χ1v) is 14.6. The van der Waals surface area contributed by atoms with Crippen LogP contribution in [0.2, 0.25) is 0 Å². The molecule has 38 heavy (non-hydrogen) atoms. The van der Waals surface area contributed by atoms with Crippen molar-refractivity contribution < 1.29 is 18.0 Å². The lowest BCUT2D eigenvalue weighted by atomic mass is 10.0. The van der Waals surface area contributed by atoms with Gasteiger partial charge < -0.3 is 10.2 Å². The summed E-state index contributed by atoms with van der Waals surface area (Å²) in [6.45, 7) is 4.94. The fraction of sp³-hybridized carbons (Fsp3) is 0.333. The second-order valence-corrected chi connectivity index (χ2v) is 10.9. The number of nitrogens with zero attached hydrogens (tertiary/aromatic N) is 1. The van der Waals surface area contributed by atoms with E-state index < -0.39 is 16.1 Å². The number of benzene rings is 3. The minimum atomic E-state index is -3.54. The molecule has 0 saturated heterocycles. The zero-order valence-corrected chi connectivity index (χ0v) is 22.9. The average Bonchev–Trinajstić information content (AvgIpc) is 2.93. The Morgan fingerprint density at radius 3 is 2.08 bits per heavy atom. The number of carbonyl (C=O) groups is 2. The Balaban J connectivity index is 1.85. The van der Waals surface area contributed by atoms with Crippen LogP contribution in [0.15, 0.2) is 89.8 Å². The number of unbranched alkanes of at least 4 members (excludes halogenated alkanes) is 1. The number of amides is 2. The first kappa shape index (κ1) is 29.1. The third-order valence-electron chi connectivity index (χ3n) is 6.22. The molecule has 3 aromatic carbocycles. The lowest BCUT2D eigenvalue weighted by molar-refractivity contribution is -0.141. The van der Waals surface area contributed by atoms with E-state index in [-0.39, 0.29) is 23.1 Å². The van der Waals surface area contributed by atoms with Crippen LogP contribution in [0.1, 0.15) is 55.8 Å². The van der Waals surface area contributed by atoms with Crippen LogP contribution in [0.4, 0.5) is 0 Å². The van der Waals surface area contributed by atoms with Crippen LogP contribution in [-0.4, -0.2) is 38.2 Å². The SMILES string of the molecule is CCCCNC(=O)[C@H](c1ccccc1)N(Cc1ccccc1)C(=O)CCc1ccc(S(=O)(=O)NCC)cc1. The van der Waals surface area contributed by atoms with Gasteiger partial charge in [0.25, 0.3) is 0 Å². The van der Waals surface area contributed by atoms with Gasteiger partial charge in [-0.25, -0.2) is 13.1 Å². The van der Waals surface area contributed by atoms with E-state index in [0.29, 0.717) is 26.1 Å². The van der Waals surface area contributed by atoms with Crippen molar-refractivity contribution >= 4 is 21.8 Å². The summed E-state index contributed by atoms with van der Waals surface area (Å²) in [5.74, 6) is -0.357. The second-order valence-electron chi connectivity index (χ2n) is 9.11. The van der Waals surface area contributed by atoms with Crippen molar-refractivity contribution in [1.29, 1.82) is 0 Å². The van der Waals surface area contributed by atoms with Gasteiger partial charge in [-0.2, -0.15) is 0 Å². The molecule has 3 rings (SSSR count). The van der Waals surface area contributed by atoms with E-state index >= 15 is 0 Å². The summed E-state index contributed by atoms with van der Waals surface area (Å²) < 4.78 is 26.9. The molecule has 2 N–H and O–H groups in total. The molecule has 0 bridgehead atoms. The van der Waals surface area contributed by atoms with E-state index in [1.54, 1.807) is 36.1 Å². The molecule has 0 aromatic heterocycles. The van der Waals surface area contributed by atoms with Gasteiger partial charge in [0, 0.05) is 26.1 Å². The van der Waals surface area contributed by atoms with Crippen LogP contribution < -0.4 is 10.0 Å². The maximum Gasteiger partial charge on any atom is 0.247 e. The van der Waals surface area contributed by atoms with E-state index in [0.717, 1.165) is 29.5 Å². The highest BCUT2D eigenvalue weighted by atomic mass is 32.2. The highest BCUT2D eigenvalue weighted by molar-refractivity contribution is 7.89. The van der Waals surface area contributed by atoms with Crippen molar-refractivity contribution in [3.05, 3.63) is 102 Å². The first-order valence-electron chi connectivity index (χ1n) is 13.1. The minimum Gasteiger partial charge on any atom is -0.354 e. The number of hydrogen-bond acceptors (Lipinski definition) is 4. The van der Waals surface area contributed by atoms with Gasteiger partial charge in [0.2, 0.25) is 21.8 Å². The van der Waals surface area contributed by atoms with Gasteiger partial charge in [-0.1, -0.05) is 93.1 Å². The molecular formula is C30H37N3O4S. The summed E-state index contributed by atoms with van der Waals surface area (Å²) in [6.07, 6.45) is 2.42. The molecule has 0 heterocycles. The molecule has 0 aliphatic heterocycles. The molecular weight excluding hydrogens is 498 g/mol. The normalized spacial score (nSPS) is 12.1. The summed E-state index contributed by atoms with van der Waals surface area (Å²) in [5.41, 5.74) is 2.53. The Kier molecular flexibility index (Phi) is 11.1. The molecule has 3 aromatic rings. The number of hydrogen-bond donors (Lipinski definition) is 2. The maximum absolute atomic E-state index is 13.7. The minimum absolute atomic E-state index is 0.155. The molecule has 0 unspecified atom stereocenters. The lowest BCUT2D eigenvalue weighted by Crippen LogP contribution is -2.43. The first-order chi connectivity index (χ1) is 18.4. The summed E-state index contributed by atoms with van der Waals surface area (Å²) in [7, 11) is -3.54. The van der Waals surface area contributed by atoms with E-state index in [1.165, 1.54) is 0 Å². The molecule has 0 saturated carbocycles. The maximum atomic E-state index is 13.7. The van der Waals surface area contributed by atoms with Gasteiger partial charge in [0.15, 0.2) is 0 Å². The predicted octanol–water partition coefficient (Wildman–Crippen LogP) is 4.60. The molecule has 202 valence electrons. The summed E-state index contributed by atoms with van der Waals surface area (Å²) in [5, 5.41) is 3.01. The molecule has 2 amide bonds. The second kappa shape index (κ2) is 14.4. The van der Waals surface area contributed by atoms with Gasteiger partial charge in [-0.15, -0.1) is 0 Å². The van der Waals surface area contributed by atoms with Gasteiger partial charge in [-0.3, -0.25) is 9.59 Å². The molecule has 0 radical (unpaired) electrons. The van der Waals surface area contributed by atoms with Crippen molar-refractivity contribution in [2.75, 3.05) is 13.1 Å². The quantitative estimate of drug-likeness (QED) is 0.295. The predicted molar refractivity (Wildman–Crippen MR) is 150 cm³/mol. The number of carbonyl (C=O) groups excluding carboxylic acids is 2. The fourth-order valence-electron chi connectivity index (χ4n) is 4.20. The Hall–Kier alpha value is -3.49. The Morgan fingerprint density at radius 1 is 0.842 bits per heavy atom. The summed E-state index contributed by atoms with van der Waals surface area (Å²) in [6, 6.07) is 24.8. The third-order valence-corrected chi connectivity index (χ3v) is 7.78. The van der Waals surface area contributed by atoms with Crippen molar-refractivity contribution in [1.82, 2.24) is 14.9 Å². The molecule has 0 fully saturated rings. The van der Waals surface area contributed by atoms with Crippen LogP contribution in [-0.2, 0) is 32.6 Å². The topological polar surface area (TPSA) is 95.6 Å². The monoisotopic (exact) mass is 535 g/mol. The summed E-state index contributed by atoms with van der Waals surface area (Å²) in [4.78, 5) is 29.0. The molecule has 1 atom stereocenters. The van der Waals surface area contributed by atoms with Crippen molar-refractivity contribution in [3.63, 3.8) is 0 Å². The Labute approximate surface area is 226 Å². The van der Waals surface area contributed by atoms with Crippen molar-refractivity contribution in [2.24, 2.45) is 0 Å². The smallest absolute Gasteiger partial charge is 0.247 e. The van der Waals surface area contributed by atoms with Crippen molar-refractivity contribution in [2.45, 2.75) is 57.0 Å². The Bertz CT molecular complexity index is 1260. The number of aryl methyl sites for hydroxylation is 1. The fourth-order valence-corrected chi connectivity index (χ4v) is 5.24. The van der Waals surface area contributed by atoms with Crippen LogP contribution >= 0.6 is 0 Å². The number of sulfonamides is 1. The van der Waals surface area contributed by atoms with Crippen LogP contribution in [0.3, 0.4) is 0 Å². The van der Waals surface area contributed by atoms with E-state index in [9.17, 15) is 18.0 Å². The van der Waals surface area contributed by atoms with E-state index in [4.69, 9.17) is 0 Å². The molecule has 0 aliphatic rings. The van der Waals surface area contributed by atoms with Gasteiger partial charge in [0.05, 0.1) is 4.90 Å². The van der Waals surface area contributed by atoms with E-state index in [1.807, 2.05) is 60.7 Å². The highest BCUT2D eigenvalue weighted by Crippen LogP contribution is 2.25. The standard InChI is InChI=1S/C30H37N3O4S/c1-3-5-22-31-30(35)29(26-14-10-7-11-15-26)33(23-25-12-8-6-9-13-25)28(34)21-18-24-16-19-27(20-17-24)38(36,37)32-4-2/h6-17,19-20,29,32H,3-5,18,21-23H2,1-2H3,(H,31,35)/t29-/m0/s1. The van der Waals surface area contributed by atoms with Crippen molar-refractivity contribution in [3.8, 4) is 0 Å². The molecule has 0 aliphatic carbocycles. The van der Waals surface area contributed by atoms with Crippen LogP contribution in [0, 0.1) is 0 Å². The zero-order valence-electron chi connectivity index (χ0n) is 22.1. The third kappa shape index (κ3) is 8.26. The van der Waals surface area contributed by atoms with E-state index in [2.05, 4.69) is 17.0 Å². The average molecular weight is 536 g/mol.